The fraction of sp³-hybridized carbons (Fsp3) is 1.00. The summed E-state index contributed by atoms with van der Waals surface area (Å²) in [6.45, 7) is 36.8. The fourth-order valence-electron chi connectivity index (χ4n) is 6.40. The van der Waals surface area contributed by atoms with Gasteiger partial charge in [-0.25, -0.2) is 5.21 Å². The lowest BCUT2D eigenvalue weighted by atomic mass is 10.00. The van der Waals surface area contributed by atoms with Crippen molar-refractivity contribution in [1.29, 1.82) is 0 Å². The van der Waals surface area contributed by atoms with Crippen molar-refractivity contribution in [1.82, 2.24) is 14.7 Å². The third-order valence-corrected chi connectivity index (χ3v) is 9.72. The largest absolute Gasteiger partial charge is 0.298 e. The summed E-state index contributed by atoms with van der Waals surface area (Å²) in [5, 5.41) is 10.1. The van der Waals surface area contributed by atoms with Gasteiger partial charge in [-0.2, -0.15) is 4.65 Å². The van der Waals surface area contributed by atoms with Crippen LogP contribution < -0.4 is 0 Å². The Bertz CT molecular complexity index is 654. The van der Waals surface area contributed by atoms with Gasteiger partial charge in [0.1, 0.15) is 18.6 Å². The predicted molar refractivity (Wildman–Crippen MR) is 181 cm³/mol. The lowest BCUT2D eigenvalue weighted by Crippen LogP contribution is -2.60. The summed E-state index contributed by atoms with van der Waals surface area (Å²) in [6.07, 6.45) is 16.3. The molecule has 5 heteroatoms. The molecule has 4 saturated heterocycles. The molecule has 0 atom stereocenters. The van der Waals surface area contributed by atoms with Crippen molar-refractivity contribution in [3.05, 3.63) is 0 Å². The lowest BCUT2D eigenvalue weighted by Gasteiger charge is -2.43. The molecule has 0 amide bonds. The predicted octanol–water partition coefficient (Wildman–Crippen LogP) is 8.99. The number of hydrogen-bond acceptors (Lipinski definition) is 4. The Hall–Kier alpha value is -0.200. The minimum atomic E-state index is 0.000417. The van der Waals surface area contributed by atoms with Crippen LogP contribution in [0, 0.1) is 0 Å². The number of likely N-dealkylation sites (tertiary alicyclic amines) is 4. The minimum absolute atomic E-state index is 0.000417. The van der Waals surface area contributed by atoms with Gasteiger partial charge in [0.15, 0.2) is 0 Å². The third kappa shape index (κ3) is 15.4. The number of nitrogens with zero attached hydrogens (tertiary/aromatic N) is 4. The van der Waals surface area contributed by atoms with Crippen LogP contribution in [0.4, 0.5) is 0 Å². The summed E-state index contributed by atoms with van der Waals surface area (Å²) in [5.74, 6) is 0. The molecule has 41 heavy (non-hydrogen) atoms. The van der Waals surface area contributed by atoms with E-state index in [4.69, 9.17) is 0 Å². The van der Waals surface area contributed by atoms with Crippen LogP contribution >= 0.6 is 0 Å². The third-order valence-electron chi connectivity index (χ3n) is 9.72. The second-order valence-corrected chi connectivity index (χ2v) is 17.3. The number of piperidine rings is 2. The van der Waals surface area contributed by atoms with E-state index in [9.17, 15) is 5.21 Å². The Morgan fingerprint density at radius 2 is 0.585 bits per heavy atom. The maximum absolute atomic E-state index is 10.1. The lowest BCUT2D eigenvalue weighted by molar-refractivity contribution is -1.14. The van der Waals surface area contributed by atoms with Gasteiger partial charge in [0.2, 0.25) is 0 Å². The Morgan fingerprint density at radius 1 is 0.366 bits per heavy atom. The van der Waals surface area contributed by atoms with Crippen molar-refractivity contribution in [2.24, 2.45) is 0 Å². The highest BCUT2D eigenvalue weighted by molar-refractivity contribution is 4.80. The fourth-order valence-corrected chi connectivity index (χ4v) is 6.40. The molecule has 4 rings (SSSR count). The number of hydrogen-bond donors (Lipinski definition) is 1. The minimum Gasteiger partial charge on any atom is -0.298 e. The van der Waals surface area contributed by atoms with Gasteiger partial charge in [-0.3, -0.25) is 14.7 Å². The standard InChI is InChI=1S/C10H21N.C9H20NO.C9H19N.C8H17N/c1-10(2,3)11-8-6-4-5-7-9-11;1-9(2,3)10(11)7-5-4-6-8-10;1-9(2,3)10-7-5-4-6-8-10;1-8(2,3)9-6-4-5-7-9/h4-9H2,1-3H3;11H,4-8H2,1-3H3;4-8H2,1-3H3;4-7H2,1-3H3/q;+1;;. The van der Waals surface area contributed by atoms with E-state index in [0.717, 1.165) is 13.1 Å². The Balaban J connectivity index is 0.000000274. The van der Waals surface area contributed by atoms with Crippen molar-refractivity contribution < 1.29 is 9.85 Å². The van der Waals surface area contributed by atoms with Gasteiger partial charge in [-0.05, 0) is 180 Å². The van der Waals surface area contributed by atoms with E-state index in [0.29, 0.717) is 16.6 Å². The molecule has 4 aliphatic rings. The average molecular weight is 582 g/mol. The molecule has 4 aliphatic heterocycles. The van der Waals surface area contributed by atoms with Crippen molar-refractivity contribution >= 4 is 0 Å². The summed E-state index contributed by atoms with van der Waals surface area (Å²) in [4.78, 5) is 7.74. The molecule has 5 nitrogen and oxygen atoms in total. The average Bonchev–Trinajstić information content (AvgIpc) is 3.28. The quantitative estimate of drug-likeness (QED) is 0.289. The van der Waals surface area contributed by atoms with E-state index in [-0.39, 0.29) is 10.2 Å². The van der Waals surface area contributed by atoms with Crippen molar-refractivity contribution in [2.75, 3.05) is 52.4 Å². The van der Waals surface area contributed by atoms with E-state index in [2.05, 4.69) is 97.8 Å². The molecule has 0 spiro atoms. The van der Waals surface area contributed by atoms with Gasteiger partial charge in [-0.15, -0.1) is 0 Å². The van der Waals surface area contributed by atoms with E-state index >= 15 is 0 Å². The molecule has 0 unspecified atom stereocenters. The van der Waals surface area contributed by atoms with Crippen LogP contribution in [-0.4, -0.2) is 99.1 Å². The van der Waals surface area contributed by atoms with Crippen LogP contribution in [0.3, 0.4) is 0 Å². The van der Waals surface area contributed by atoms with E-state index in [1.165, 1.54) is 116 Å². The molecule has 0 radical (unpaired) electrons. The van der Waals surface area contributed by atoms with Crippen LogP contribution in [0.2, 0.25) is 0 Å². The number of hydroxylamine groups is 3. The maximum Gasteiger partial charge on any atom is 0.120 e. The Morgan fingerprint density at radius 3 is 0.805 bits per heavy atom. The van der Waals surface area contributed by atoms with Gasteiger partial charge in [0.25, 0.3) is 0 Å². The van der Waals surface area contributed by atoms with Gasteiger partial charge in [0, 0.05) is 16.6 Å². The second kappa shape index (κ2) is 17.3. The van der Waals surface area contributed by atoms with E-state index in [1.807, 2.05) is 0 Å². The first-order valence-electron chi connectivity index (χ1n) is 17.6. The highest BCUT2D eigenvalue weighted by Crippen LogP contribution is 2.27. The Kier molecular flexibility index (Phi) is 16.4. The van der Waals surface area contributed by atoms with E-state index < -0.39 is 0 Å². The van der Waals surface area contributed by atoms with Crippen LogP contribution in [0.5, 0.6) is 0 Å². The first-order valence-corrected chi connectivity index (χ1v) is 17.6. The molecular weight excluding hydrogens is 504 g/mol. The molecule has 1 N–H and O–H groups in total. The molecule has 246 valence electrons. The van der Waals surface area contributed by atoms with Gasteiger partial charge < -0.3 is 0 Å². The zero-order valence-electron chi connectivity index (χ0n) is 30.4. The Labute approximate surface area is 259 Å². The molecule has 0 bridgehead atoms. The molecule has 0 aliphatic carbocycles. The number of quaternary nitrogens is 1. The molecule has 4 fully saturated rings. The summed E-state index contributed by atoms with van der Waals surface area (Å²) >= 11 is 0. The highest BCUT2D eigenvalue weighted by atomic mass is 16.6. The first-order chi connectivity index (χ1) is 18.8. The maximum atomic E-state index is 10.1. The molecule has 4 heterocycles. The molecule has 0 aromatic rings. The zero-order valence-corrected chi connectivity index (χ0v) is 30.4. The van der Waals surface area contributed by atoms with Crippen molar-refractivity contribution in [3.63, 3.8) is 0 Å². The van der Waals surface area contributed by atoms with Gasteiger partial charge >= 0.3 is 0 Å². The smallest absolute Gasteiger partial charge is 0.120 e. The summed E-state index contributed by atoms with van der Waals surface area (Å²) < 4.78 is 0.271. The van der Waals surface area contributed by atoms with Crippen LogP contribution in [0.15, 0.2) is 0 Å². The van der Waals surface area contributed by atoms with Crippen LogP contribution in [0.25, 0.3) is 0 Å². The first kappa shape index (κ1) is 38.8. The summed E-state index contributed by atoms with van der Waals surface area (Å²) in [5.41, 5.74) is 1.21. The summed E-state index contributed by atoms with van der Waals surface area (Å²) in [7, 11) is 0. The SMILES string of the molecule is CC(C)(C)N1CCCC1.CC(C)(C)N1CCCCC1.CC(C)(C)N1CCCCCC1.CC(C)(C)[N+]1(O)CCCCC1. The topological polar surface area (TPSA) is 30.0 Å². The number of rotatable bonds is 0. The van der Waals surface area contributed by atoms with Crippen molar-refractivity contribution in [3.8, 4) is 0 Å². The monoisotopic (exact) mass is 582 g/mol. The van der Waals surface area contributed by atoms with Crippen LogP contribution in [-0.2, 0) is 0 Å². The van der Waals surface area contributed by atoms with E-state index in [1.54, 1.807) is 0 Å². The normalized spacial score (nSPS) is 23.6. The summed E-state index contributed by atoms with van der Waals surface area (Å²) in [6, 6.07) is 0. The zero-order chi connectivity index (χ0) is 31.4. The highest BCUT2D eigenvalue weighted by Gasteiger charge is 2.40. The molecule has 0 saturated carbocycles. The van der Waals surface area contributed by atoms with Crippen molar-refractivity contribution in [2.45, 2.75) is 182 Å². The van der Waals surface area contributed by atoms with Gasteiger partial charge in [-0.1, -0.05) is 19.3 Å². The second-order valence-electron chi connectivity index (χ2n) is 17.3. The molecule has 0 aromatic carbocycles. The molecule has 0 aromatic heterocycles. The molecular formula is C36H77N4O+. The van der Waals surface area contributed by atoms with Gasteiger partial charge in [0.05, 0.1) is 0 Å². The van der Waals surface area contributed by atoms with Crippen LogP contribution in [0.1, 0.15) is 160 Å².